The molecule has 2 heterocycles. The molecule has 3 rings (SSSR count). The van der Waals surface area contributed by atoms with Gasteiger partial charge in [0.25, 0.3) is 5.91 Å². The average Bonchev–Trinajstić information content (AvgIpc) is 3.27. The summed E-state index contributed by atoms with van der Waals surface area (Å²) < 4.78 is 0. The largest absolute Gasteiger partial charge is 0.349 e. The first-order valence-electron chi connectivity index (χ1n) is 8.17. The number of carbonyl (C=O) groups excluding carboxylic acids is 1. The molecule has 1 aromatic carbocycles. The average molecular weight is 371 g/mol. The van der Waals surface area contributed by atoms with Crippen molar-refractivity contribution in [3.8, 4) is 11.1 Å². The number of likely N-dealkylation sites (N-methyl/N-ethyl adjacent to an activating group) is 1. The molecule has 2 aromatic heterocycles. The second-order valence-corrected chi connectivity index (χ2v) is 7.97. The van der Waals surface area contributed by atoms with Crippen molar-refractivity contribution in [3.05, 3.63) is 68.5 Å². The zero-order chi connectivity index (χ0) is 17.8. The number of thiophene rings is 2. The van der Waals surface area contributed by atoms with Gasteiger partial charge in [0.1, 0.15) is 0 Å². The van der Waals surface area contributed by atoms with E-state index in [9.17, 15) is 4.79 Å². The van der Waals surface area contributed by atoms with Crippen LogP contribution in [0.25, 0.3) is 11.1 Å². The fourth-order valence-corrected chi connectivity index (χ4v) is 4.32. The molecule has 0 aliphatic heterocycles. The van der Waals surface area contributed by atoms with Gasteiger partial charge in [-0.05, 0) is 60.4 Å². The van der Waals surface area contributed by atoms with Crippen LogP contribution in [0.15, 0.2) is 52.5 Å². The summed E-state index contributed by atoms with van der Waals surface area (Å²) in [5, 5.41) is 9.30. The summed E-state index contributed by atoms with van der Waals surface area (Å²) in [6.07, 6.45) is 0. The lowest BCUT2D eigenvalue weighted by molar-refractivity contribution is 0.0946. The van der Waals surface area contributed by atoms with Gasteiger partial charge in [0.05, 0.1) is 10.9 Å². The van der Waals surface area contributed by atoms with Crippen molar-refractivity contribution >= 4 is 28.6 Å². The van der Waals surface area contributed by atoms with Gasteiger partial charge >= 0.3 is 0 Å². The van der Waals surface area contributed by atoms with Gasteiger partial charge < -0.3 is 10.2 Å². The first-order chi connectivity index (χ1) is 12.1. The predicted molar refractivity (Wildman–Crippen MR) is 108 cm³/mol. The van der Waals surface area contributed by atoms with Crippen LogP contribution in [0.3, 0.4) is 0 Å². The standard InChI is InChI=1S/C20H22N2OS2/c1-14-4-6-15(7-5-14)17-9-11-25-19(17)20(23)21-12-18(22(2)3)16-8-10-24-13-16/h4-11,13,18H,12H2,1-3H3,(H,21,23)/t18-/m0/s1. The number of nitrogens with zero attached hydrogens (tertiary/aromatic N) is 1. The lowest BCUT2D eigenvalue weighted by atomic mass is 10.0. The SMILES string of the molecule is Cc1ccc(-c2ccsc2C(=O)NC[C@@H](c2ccsc2)N(C)C)cc1. The molecule has 0 saturated heterocycles. The number of hydrogen-bond acceptors (Lipinski definition) is 4. The van der Waals surface area contributed by atoms with E-state index in [-0.39, 0.29) is 11.9 Å². The van der Waals surface area contributed by atoms with Crippen LogP contribution in [0.5, 0.6) is 0 Å². The second kappa shape index (κ2) is 7.95. The number of carbonyl (C=O) groups is 1. The molecule has 5 heteroatoms. The van der Waals surface area contributed by atoms with Gasteiger partial charge in [-0.15, -0.1) is 11.3 Å². The van der Waals surface area contributed by atoms with Crippen molar-refractivity contribution < 1.29 is 4.79 Å². The Kier molecular flexibility index (Phi) is 5.68. The third kappa shape index (κ3) is 4.18. The number of benzene rings is 1. The molecule has 0 saturated carbocycles. The van der Waals surface area contributed by atoms with E-state index in [1.165, 1.54) is 22.5 Å². The zero-order valence-electron chi connectivity index (χ0n) is 14.7. The molecule has 3 nitrogen and oxygen atoms in total. The van der Waals surface area contributed by atoms with Crippen molar-refractivity contribution in [3.63, 3.8) is 0 Å². The van der Waals surface area contributed by atoms with E-state index in [4.69, 9.17) is 0 Å². The predicted octanol–water partition coefficient (Wildman–Crippen LogP) is 4.82. The highest BCUT2D eigenvalue weighted by atomic mass is 32.1. The van der Waals surface area contributed by atoms with E-state index in [0.29, 0.717) is 6.54 Å². The quantitative estimate of drug-likeness (QED) is 0.675. The summed E-state index contributed by atoms with van der Waals surface area (Å²) in [6.45, 7) is 2.66. The van der Waals surface area contributed by atoms with Crippen molar-refractivity contribution in [1.82, 2.24) is 10.2 Å². The normalized spacial score (nSPS) is 12.3. The Hall–Kier alpha value is -1.95. The molecule has 0 bridgehead atoms. The highest BCUT2D eigenvalue weighted by Crippen LogP contribution is 2.29. The number of hydrogen-bond donors (Lipinski definition) is 1. The van der Waals surface area contributed by atoms with Crippen LogP contribution in [0.2, 0.25) is 0 Å². The van der Waals surface area contributed by atoms with Crippen LogP contribution in [0, 0.1) is 6.92 Å². The maximum Gasteiger partial charge on any atom is 0.262 e. The molecule has 0 unspecified atom stereocenters. The molecule has 1 amide bonds. The molecule has 0 aliphatic rings. The monoisotopic (exact) mass is 370 g/mol. The van der Waals surface area contributed by atoms with Crippen molar-refractivity contribution in [1.29, 1.82) is 0 Å². The van der Waals surface area contributed by atoms with Crippen LogP contribution >= 0.6 is 22.7 Å². The second-order valence-electron chi connectivity index (χ2n) is 6.28. The third-order valence-corrected chi connectivity index (χ3v) is 5.86. The van der Waals surface area contributed by atoms with Gasteiger partial charge in [0, 0.05) is 12.1 Å². The summed E-state index contributed by atoms with van der Waals surface area (Å²) in [5.41, 5.74) is 4.54. The van der Waals surface area contributed by atoms with E-state index in [1.54, 1.807) is 11.3 Å². The van der Waals surface area contributed by atoms with Gasteiger partial charge in [0.2, 0.25) is 0 Å². The number of nitrogens with one attached hydrogen (secondary N) is 1. The third-order valence-electron chi connectivity index (χ3n) is 4.24. The van der Waals surface area contributed by atoms with Crippen LogP contribution < -0.4 is 5.32 Å². The summed E-state index contributed by atoms with van der Waals surface area (Å²) in [6, 6.07) is 12.6. The van der Waals surface area contributed by atoms with Gasteiger partial charge in [0.15, 0.2) is 0 Å². The molecule has 130 valence electrons. The van der Waals surface area contributed by atoms with E-state index < -0.39 is 0 Å². The maximum atomic E-state index is 12.7. The molecule has 3 aromatic rings. The van der Waals surface area contributed by atoms with Crippen molar-refractivity contribution in [2.75, 3.05) is 20.6 Å². The number of aryl methyl sites for hydroxylation is 1. The highest BCUT2D eigenvalue weighted by molar-refractivity contribution is 7.12. The molecule has 0 aliphatic carbocycles. The van der Waals surface area contributed by atoms with Gasteiger partial charge in [-0.25, -0.2) is 0 Å². The fourth-order valence-electron chi connectivity index (χ4n) is 2.78. The lowest BCUT2D eigenvalue weighted by Gasteiger charge is -2.24. The molecule has 0 radical (unpaired) electrons. The Bertz CT molecular complexity index is 820. The Balaban J connectivity index is 1.74. The Labute approximate surface area is 156 Å². The van der Waals surface area contributed by atoms with Crippen LogP contribution in [-0.4, -0.2) is 31.4 Å². The summed E-state index contributed by atoms with van der Waals surface area (Å²) >= 11 is 3.17. The Morgan fingerprint density at radius 1 is 1.12 bits per heavy atom. The van der Waals surface area contributed by atoms with E-state index in [1.807, 2.05) is 25.5 Å². The first kappa shape index (κ1) is 17.9. The topological polar surface area (TPSA) is 32.3 Å². The summed E-state index contributed by atoms with van der Waals surface area (Å²) in [4.78, 5) is 15.7. The molecule has 0 fully saturated rings. The van der Waals surface area contributed by atoms with Gasteiger partial charge in [-0.3, -0.25) is 4.79 Å². The minimum absolute atomic E-state index is 0.00680. The van der Waals surface area contributed by atoms with E-state index in [2.05, 4.69) is 58.2 Å². The van der Waals surface area contributed by atoms with E-state index >= 15 is 0 Å². The first-order valence-corrected chi connectivity index (χ1v) is 9.99. The fraction of sp³-hybridized carbons (Fsp3) is 0.250. The molecule has 25 heavy (non-hydrogen) atoms. The number of amides is 1. The minimum Gasteiger partial charge on any atom is -0.349 e. The van der Waals surface area contributed by atoms with E-state index in [0.717, 1.165) is 16.0 Å². The smallest absolute Gasteiger partial charge is 0.262 e. The van der Waals surface area contributed by atoms with Crippen molar-refractivity contribution in [2.45, 2.75) is 13.0 Å². The van der Waals surface area contributed by atoms with Crippen LogP contribution in [0.1, 0.15) is 26.8 Å². The summed E-state index contributed by atoms with van der Waals surface area (Å²) in [5.74, 6) is -0.00680. The van der Waals surface area contributed by atoms with Gasteiger partial charge in [-0.2, -0.15) is 11.3 Å². The van der Waals surface area contributed by atoms with Crippen LogP contribution in [-0.2, 0) is 0 Å². The molecule has 1 atom stereocenters. The molecule has 0 spiro atoms. The number of rotatable bonds is 6. The zero-order valence-corrected chi connectivity index (χ0v) is 16.3. The maximum absolute atomic E-state index is 12.7. The Morgan fingerprint density at radius 2 is 1.88 bits per heavy atom. The summed E-state index contributed by atoms with van der Waals surface area (Å²) in [7, 11) is 4.08. The molecule has 1 N–H and O–H groups in total. The van der Waals surface area contributed by atoms with Crippen molar-refractivity contribution in [2.24, 2.45) is 0 Å². The molecular formula is C20H22N2OS2. The Morgan fingerprint density at radius 3 is 2.52 bits per heavy atom. The van der Waals surface area contributed by atoms with Crippen LogP contribution in [0.4, 0.5) is 0 Å². The lowest BCUT2D eigenvalue weighted by Crippen LogP contribution is -2.34. The van der Waals surface area contributed by atoms with Gasteiger partial charge in [-0.1, -0.05) is 29.8 Å². The highest BCUT2D eigenvalue weighted by Gasteiger charge is 2.19. The minimum atomic E-state index is -0.00680. The molecular weight excluding hydrogens is 348 g/mol.